The van der Waals surface area contributed by atoms with Crippen molar-refractivity contribution in [3.05, 3.63) is 79.3 Å². The Morgan fingerprint density at radius 2 is 1.85 bits per heavy atom. The molecule has 1 heterocycles. The van der Waals surface area contributed by atoms with E-state index < -0.39 is 4.92 Å². The molecule has 1 saturated carbocycles. The summed E-state index contributed by atoms with van der Waals surface area (Å²) in [5, 5.41) is 17.2. The minimum absolute atomic E-state index is 0.0102. The molecule has 4 atom stereocenters. The second-order valence-corrected chi connectivity index (χ2v) is 9.54. The molecule has 0 unspecified atom stereocenters. The van der Waals surface area contributed by atoms with Gasteiger partial charge in [0.15, 0.2) is 0 Å². The minimum atomic E-state index is -0.566. The number of hydrazone groups is 1. The molecule has 2 aromatic carbocycles. The zero-order valence-corrected chi connectivity index (χ0v) is 19.4. The molecule has 2 bridgehead atoms. The topological polar surface area (TPSA) is 102 Å². The molecule has 168 valence electrons. The van der Waals surface area contributed by atoms with E-state index in [-0.39, 0.29) is 59.1 Å². The van der Waals surface area contributed by atoms with Crippen molar-refractivity contribution in [2.45, 2.75) is 13.0 Å². The van der Waals surface area contributed by atoms with E-state index in [0.717, 1.165) is 11.4 Å². The molecular weight excluding hydrogens is 514 g/mol. The molecule has 2 amide bonds. The van der Waals surface area contributed by atoms with E-state index in [9.17, 15) is 19.7 Å². The number of rotatable bonds is 6. The molecule has 0 aromatic heterocycles. The third-order valence-corrected chi connectivity index (χ3v) is 7.18. The van der Waals surface area contributed by atoms with Crippen LogP contribution in [-0.4, -0.2) is 28.0 Å². The number of hydrogen-bond acceptors (Lipinski definition) is 6. The number of imide groups is 1. The SMILES string of the molecule is O=C1[C@@H]2[C@H](C(=O)N1N=Cc1cc(Br)cc([N+](=O)[O-])c1OCc1ccccc1Cl)[C@H]1C=C[C@H]2C1. The Bertz CT molecular complexity index is 1220. The number of fused-ring (bicyclic) bond motifs is 5. The minimum Gasteiger partial charge on any atom is -0.481 e. The van der Waals surface area contributed by atoms with Gasteiger partial charge < -0.3 is 4.74 Å². The number of allylic oxidation sites excluding steroid dienone is 2. The van der Waals surface area contributed by atoms with E-state index >= 15 is 0 Å². The summed E-state index contributed by atoms with van der Waals surface area (Å²) in [6.45, 7) is -0.0102. The highest BCUT2D eigenvalue weighted by Crippen LogP contribution is 2.52. The Kier molecular flexibility index (Phi) is 5.54. The second-order valence-electron chi connectivity index (χ2n) is 8.21. The largest absolute Gasteiger partial charge is 0.481 e. The van der Waals surface area contributed by atoms with Gasteiger partial charge in [0.2, 0.25) is 5.75 Å². The highest BCUT2D eigenvalue weighted by Gasteiger charge is 2.59. The van der Waals surface area contributed by atoms with Gasteiger partial charge >= 0.3 is 5.69 Å². The van der Waals surface area contributed by atoms with Crippen LogP contribution in [0.25, 0.3) is 0 Å². The van der Waals surface area contributed by atoms with Crippen molar-refractivity contribution < 1.29 is 19.2 Å². The van der Waals surface area contributed by atoms with Gasteiger partial charge in [0.25, 0.3) is 11.8 Å². The highest BCUT2D eigenvalue weighted by atomic mass is 79.9. The van der Waals surface area contributed by atoms with Crippen molar-refractivity contribution in [3.63, 3.8) is 0 Å². The molecule has 1 aliphatic heterocycles. The number of hydrogen-bond donors (Lipinski definition) is 0. The fourth-order valence-corrected chi connectivity index (χ4v) is 5.53. The van der Waals surface area contributed by atoms with Gasteiger partial charge in [-0.2, -0.15) is 10.1 Å². The van der Waals surface area contributed by atoms with Gasteiger partial charge in [-0.05, 0) is 30.4 Å². The molecule has 33 heavy (non-hydrogen) atoms. The van der Waals surface area contributed by atoms with Crippen LogP contribution in [0.2, 0.25) is 5.02 Å². The summed E-state index contributed by atoms with van der Waals surface area (Å²) in [6, 6.07) is 9.90. The molecule has 2 aliphatic carbocycles. The summed E-state index contributed by atoms with van der Waals surface area (Å²) in [5.41, 5.74) is 0.623. The maximum absolute atomic E-state index is 12.9. The Balaban J connectivity index is 1.46. The number of nitro groups is 1. The smallest absolute Gasteiger partial charge is 0.312 e. The molecule has 0 spiro atoms. The normalized spacial score (nSPS) is 25.3. The van der Waals surface area contributed by atoms with Gasteiger partial charge in [-0.1, -0.05) is 57.9 Å². The first-order valence-electron chi connectivity index (χ1n) is 10.3. The lowest BCUT2D eigenvalue weighted by molar-refractivity contribution is -0.386. The van der Waals surface area contributed by atoms with Crippen LogP contribution in [0, 0.1) is 33.8 Å². The van der Waals surface area contributed by atoms with Crippen LogP contribution in [0.15, 0.2) is 58.1 Å². The lowest BCUT2D eigenvalue weighted by Gasteiger charge is -2.13. The number of halogens is 2. The van der Waals surface area contributed by atoms with E-state index in [1.807, 2.05) is 12.2 Å². The van der Waals surface area contributed by atoms with E-state index in [1.165, 1.54) is 12.3 Å². The standard InChI is InChI=1S/C23H17BrClN3O5/c24-16-8-15(10-26-27-22(29)19-12-5-6-13(7-12)20(19)23(27)30)21(18(9-16)28(31)32)33-11-14-3-1-2-4-17(14)25/h1-6,8-10,12-13,19-20H,7,11H2/t12-,13-,19-,20+/m0/s1. The molecule has 0 radical (unpaired) electrons. The average molecular weight is 531 g/mol. The summed E-state index contributed by atoms with van der Waals surface area (Å²) in [5.74, 6) is -1.32. The lowest BCUT2D eigenvalue weighted by Crippen LogP contribution is -2.28. The molecular formula is C23H17BrClN3O5. The number of nitrogens with zero attached hydrogens (tertiary/aromatic N) is 3. The van der Waals surface area contributed by atoms with Crippen molar-refractivity contribution in [3.8, 4) is 5.75 Å². The summed E-state index contributed by atoms with van der Waals surface area (Å²) < 4.78 is 6.23. The fourth-order valence-electron chi connectivity index (χ4n) is 4.87. The molecule has 3 aliphatic rings. The highest BCUT2D eigenvalue weighted by molar-refractivity contribution is 9.10. The van der Waals surface area contributed by atoms with E-state index in [0.29, 0.717) is 15.1 Å². The van der Waals surface area contributed by atoms with Gasteiger partial charge in [0, 0.05) is 26.7 Å². The Hall–Kier alpha value is -3.04. The van der Waals surface area contributed by atoms with E-state index in [4.69, 9.17) is 16.3 Å². The first-order chi connectivity index (χ1) is 15.8. The zero-order valence-electron chi connectivity index (χ0n) is 17.1. The van der Waals surface area contributed by atoms with Crippen molar-refractivity contribution in [1.29, 1.82) is 0 Å². The molecule has 2 aromatic rings. The lowest BCUT2D eigenvalue weighted by atomic mass is 9.85. The van der Waals surface area contributed by atoms with Crippen molar-refractivity contribution >= 4 is 51.2 Å². The monoisotopic (exact) mass is 529 g/mol. The van der Waals surface area contributed by atoms with E-state index in [2.05, 4.69) is 21.0 Å². The number of ether oxygens (including phenoxy) is 1. The summed E-state index contributed by atoms with van der Waals surface area (Å²) in [4.78, 5) is 36.9. The quantitative estimate of drug-likeness (QED) is 0.177. The van der Waals surface area contributed by atoms with Gasteiger partial charge in [-0.3, -0.25) is 19.7 Å². The first-order valence-corrected chi connectivity index (χ1v) is 11.5. The number of carbonyl (C=O) groups excluding carboxylic acids is 2. The molecule has 10 heteroatoms. The predicted molar refractivity (Wildman–Crippen MR) is 124 cm³/mol. The molecule has 5 rings (SSSR count). The number of nitro benzene ring substituents is 1. The summed E-state index contributed by atoms with van der Waals surface area (Å²) in [7, 11) is 0. The van der Waals surface area contributed by atoms with Crippen LogP contribution in [0.5, 0.6) is 5.75 Å². The van der Waals surface area contributed by atoms with Crippen LogP contribution in [0.3, 0.4) is 0 Å². The second kappa shape index (κ2) is 8.39. The maximum Gasteiger partial charge on any atom is 0.312 e. The Morgan fingerprint density at radius 3 is 2.48 bits per heavy atom. The maximum atomic E-state index is 12.9. The van der Waals surface area contributed by atoms with Crippen LogP contribution in [0.1, 0.15) is 17.5 Å². The van der Waals surface area contributed by atoms with Crippen molar-refractivity contribution in [2.75, 3.05) is 0 Å². The number of benzene rings is 2. The van der Waals surface area contributed by atoms with Crippen LogP contribution >= 0.6 is 27.5 Å². The van der Waals surface area contributed by atoms with Gasteiger partial charge in [-0.25, -0.2) is 0 Å². The molecule has 1 saturated heterocycles. The van der Waals surface area contributed by atoms with E-state index in [1.54, 1.807) is 30.3 Å². The van der Waals surface area contributed by atoms with Gasteiger partial charge in [-0.15, -0.1) is 0 Å². The van der Waals surface area contributed by atoms with Crippen LogP contribution in [0.4, 0.5) is 5.69 Å². The van der Waals surface area contributed by atoms with Gasteiger partial charge in [0.05, 0.1) is 23.0 Å². The molecule has 0 N–H and O–H groups in total. The third kappa shape index (κ3) is 3.75. The predicted octanol–water partition coefficient (Wildman–Crippen LogP) is 4.73. The van der Waals surface area contributed by atoms with Crippen molar-refractivity contribution in [2.24, 2.45) is 28.8 Å². The zero-order chi connectivity index (χ0) is 23.3. The Labute approximate surface area is 202 Å². The average Bonchev–Trinajstić information content (AvgIpc) is 3.46. The van der Waals surface area contributed by atoms with Crippen LogP contribution in [-0.2, 0) is 16.2 Å². The fraction of sp³-hybridized carbons (Fsp3) is 0.261. The van der Waals surface area contributed by atoms with Crippen LogP contribution < -0.4 is 4.74 Å². The Morgan fingerprint density at radius 1 is 1.18 bits per heavy atom. The van der Waals surface area contributed by atoms with Gasteiger partial charge in [0.1, 0.15) is 6.61 Å². The first kappa shape index (κ1) is 21.8. The number of carbonyl (C=O) groups is 2. The molecule has 8 nitrogen and oxygen atoms in total. The summed E-state index contributed by atoms with van der Waals surface area (Å²) in [6.07, 6.45) is 6.08. The van der Waals surface area contributed by atoms with Crippen molar-refractivity contribution in [1.82, 2.24) is 5.01 Å². The number of amides is 2. The summed E-state index contributed by atoms with van der Waals surface area (Å²) >= 11 is 9.44. The molecule has 2 fully saturated rings. The third-order valence-electron chi connectivity index (χ3n) is 6.35.